The number of rotatable bonds is 6. The summed E-state index contributed by atoms with van der Waals surface area (Å²) in [5.41, 5.74) is 0. The van der Waals surface area contributed by atoms with E-state index in [1.807, 2.05) is 0 Å². The molecule has 6 nitrogen and oxygen atoms in total. The maximum atomic E-state index is 11.8. The molecule has 0 aromatic heterocycles. The summed E-state index contributed by atoms with van der Waals surface area (Å²) in [4.78, 5) is 24.1. The van der Waals surface area contributed by atoms with Crippen LogP contribution >= 0.6 is 0 Å². The Hall–Kier alpha value is -1.56. The van der Waals surface area contributed by atoms with Crippen molar-refractivity contribution in [1.29, 1.82) is 0 Å². The molecule has 0 saturated carbocycles. The maximum absolute atomic E-state index is 11.8. The van der Waals surface area contributed by atoms with Gasteiger partial charge in [-0.3, -0.25) is 4.79 Å². The molecule has 0 aromatic carbocycles. The van der Waals surface area contributed by atoms with E-state index in [1.54, 1.807) is 4.90 Å². The SMILES string of the molecule is C=CCOC(=O)N1CCC(CC(=O)O)C1COC. The van der Waals surface area contributed by atoms with Crippen molar-refractivity contribution in [3.8, 4) is 0 Å². The fourth-order valence-corrected chi connectivity index (χ4v) is 2.22. The Balaban J connectivity index is 2.64. The normalized spacial score (nSPS) is 22.8. The first-order chi connectivity index (χ1) is 8.60. The largest absolute Gasteiger partial charge is 0.481 e. The number of carbonyl (C=O) groups is 2. The van der Waals surface area contributed by atoms with Crippen LogP contribution in [0.1, 0.15) is 12.8 Å². The molecule has 1 N–H and O–H groups in total. The summed E-state index contributed by atoms with van der Waals surface area (Å²) in [6, 6.07) is -0.233. The lowest BCUT2D eigenvalue weighted by molar-refractivity contribution is -0.138. The van der Waals surface area contributed by atoms with Gasteiger partial charge in [0.1, 0.15) is 6.61 Å². The molecule has 0 radical (unpaired) electrons. The van der Waals surface area contributed by atoms with Crippen LogP contribution in [0.5, 0.6) is 0 Å². The highest BCUT2D eigenvalue weighted by atomic mass is 16.6. The van der Waals surface area contributed by atoms with Crippen molar-refractivity contribution in [2.45, 2.75) is 18.9 Å². The van der Waals surface area contributed by atoms with Crippen molar-refractivity contribution < 1.29 is 24.2 Å². The number of hydrogen-bond acceptors (Lipinski definition) is 4. The molecule has 1 heterocycles. The van der Waals surface area contributed by atoms with Gasteiger partial charge in [-0.1, -0.05) is 12.7 Å². The van der Waals surface area contributed by atoms with E-state index < -0.39 is 12.1 Å². The van der Waals surface area contributed by atoms with E-state index in [0.717, 1.165) is 0 Å². The quantitative estimate of drug-likeness (QED) is 0.722. The maximum Gasteiger partial charge on any atom is 0.410 e. The van der Waals surface area contributed by atoms with Gasteiger partial charge in [0, 0.05) is 13.7 Å². The number of amides is 1. The standard InChI is InChI=1S/C12H19NO5/c1-3-6-18-12(16)13-5-4-9(7-11(14)15)10(13)8-17-2/h3,9-10H,1,4-8H2,2H3,(H,14,15). The number of hydrogen-bond donors (Lipinski definition) is 1. The number of likely N-dealkylation sites (tertiary alicyclic amines) is 1. The first-order valence-electron chi connectivity index (χ1n) is 5.85. The molecule has 2 atom stereocenters. The van der Waals surface area contributed by atoms with Gasteiger partial charge < -0.3 is 19.5 Å². The van der Waals surface area contributed by atoms with Crippen molar-refractivity contribution in [2.24, 2.45) is 5.92 Å². The third-order valence-electron chi connectivity index (χ3n) is 3.02. The Labute approximate surface area is 106 Å². The van der Waals surface area contributed by atoms with Crippen LogP contribution in [0.25, 0.3) is 0 Å². The molecule has 1 aliphatic rings. The lowest BCUT2D eigenvalue weighted by atomic mass is 9.97. The second-order valence-corrected chi connectivity index (χ2v) is 4.23. The van der Waals surface area contributed by atoms with Gasteiger partial charge in [0.25, 0.3) is 0 Å². The van der Waals surface area contributed by atoms with Gasteiger partial charge in [0.2, 0.25) is 0 Å². The number of nitrogens with zero attached hydrogens (tertiary/aromatic N) is 1. The molecule has 6 heteroatoms. The van der Waals surface area contributed by atoms with Crippen LogP contribution in [-0.2, 0) is 14.3 Å². The van der Waals surface area contributed by atoms with Crippen molar-refractivity contribution >= 4 is 12.1 Å². The smallest absolute Gasteiger partial charge is 0.410 e. The van der Waals surface area contributed by atoms with Crippen LogP contribution in [0.15, 0.2) is 12.7 Å². The van der Waals surface area contributed by atoms with Gasteiger partial charge in [-0.05, 0) is 12.3 Å². The molecular formula is C12H19NO5. The highest BCUT2D eigenvalue weighted by molar-refractivity contribution is 5.70. The van der Waals surface area contributed by atoms with Crippen LogP contribution in [-0.4, -0.2) is 55.0 Å². The summed E-state index contributed by atoms with van der Waals surface area (Å²) in [6.07, 6.45) is 1.75. The zero-order valence-electron chi connectivity index (χ0n) is 10.5. The van der Waals surface area contributed by atoms with E-state index in [9.17, 15) is 9.59 Å². The summed E-state index contributed by atoms with van der Waals surface area (Å²) in [5.74, 6) is -0.943. The number of ether oxygens (including phenoxy) is 2. The first kappa shape index (κ1) is 14.5. The molecule has 1 aliphatic heterocycles. The summed E-state index contributed by atoms with van der Waals surface area (Å²) in [7, 11) is 1.53. The van der Waals surface area contributed by atoms with Gasteiger partial charge >= 0.3 is 12.1 Å². The highest BCUT2D eigenvalue weighted by Gasteiger charge is 2.38. The third kappa shape index (κ3) is 3.73. The average molecular weight is 257 g/mol. The predicted molar refractivity (Wildman–Crippen MR) is 64.3 cm³/mol. The lowest BCUT2D eigenvalue weighted by Crippen LogP contribution is -2.41. The minimum absolute atomic E-state index is 0.0409. The number of methoxy groups -OCH3 is 1. The molecule has 2 unspecified atom stereocenters. The average Bonchev–Trinajstić information content (AvgIpc) is 2.69. The Kier molecular flexibility index (Phi) is 5.64. The van der Waals surface area contributed by atoms with E-state index in [1.165, 1.54) is 13.2 Å². The number of aliphatic carboxylic acids is 1. The number of carboxylic acid groups (broad SMARTS) is 1. The second kappa shape index (κ2) is 7.00. The molecule has 0 aromatic rings. The zero-order chi connectivity index (χ0) is 13.5. The third-order valence-corrected chi connectivity index (χ3v) is 3.02. The Bertz CT molecular complexity index is 318. The molecule has 18 heavy (non-hydrogen) atoms. The molecule has 1 fully saturated rings. The zero-order valence-corrected chi connectivity index (χ0v) is 10.5. The number of carbonyl (C=O) groups excluding carboxylic acids is 1. The second-order valence-electron chi connectivity index (χ2n) is 4.23. The van der Waals surface area contributed by atoms with Gasteiger partial charge in [-0.2, -0.15) is 0 Å². The summed E-state index contributed by atoms with van der Waals surface area (Å²) in [5, 5.41) is 8.84. The Morgan fingerprint density at radius 2 is 2.28 bits per heavy atom. The predicted octanol–water partition coefficient (Wildman–Crippen LogP) is 1.12. The van der Waals surface area contributed by atoms with Crippen molar-refractivity contribution in [2.75, 3.05) is 26.9 Å². The van der Waals surface area contributed by atoms with E-state index in [2.05, 4.69) is 6.58 Å². The van der Waals surface area contributed by atoms with E-state index in [-0.39, 0.29) is 25.0 Å². The van der Waals surface area contributed by atoms with Gasteiger partial charge in [-0.25, -0.2) is 4.79 Å². The highest BCUT2D eigenvalue weighted by Crippen LogP contribution is 2.28. The lowest BCUT2D eigenvalue weighted by Gasteiger charge is -2.26. The molecule has 1 saturated heterocycles. The molecule has 0 spiro atoms. The van der Waals surface area contributed by atoms with Crippen LogP contribution in [0.4, 0.5) is 4.79 Å². The summed E-state index contributed by atoms with van der Waals surface area (Å²) < 4.78 is 10.0. The molecule has 1 rings (SSSR count). The van der Waals surface area contributed by atoms with E-state index in [4.69, 9.17) is 14.6 Å². The fourth-order valence-electron chi connectivity index (χ4n) is 2.22. The Morgan fingerprint density at radius 1 is 1.56 bits per heavy atom. The van der Waals surface area contributed by atoms with Gasteiger partial charge in [-0.15, -0.1) is 0 Å². The van der Waals surface area contributed by atoms with Crippen LogP contribution < -0.4 is 0 Å². The van der Waals surface area contributed by atoms with Gasteiger partial charge in [0.15, 0.2) is 0 Å². The van der Waals surface area contributed by atoms with E-state index in [0.29, 0.717) is 19.6 Å². The van der Waals surface area contributed by atoms with Crippen molar-refractivity contribution in [3.63, 3.8) is 0 Å². The van der Waals surface area contributed by atoms with Crippen molar-refractivity contribution in [1.82, 2.24) is 4.90 Å². The molecular weight excluding hydrogens is 238 g/mol. The van der Waals surface area contributed by atoms with Crippen LogP contribution in [0.3, 0.4) is 0 Å². The fraction of sp³-hybridized carbons (Fsp3) is 0.667. The number of carboxylic acids is 1. The summed E-state index contributed by atoms with van der Waals surface area (Å²) >= 11 is 0. The topological polar surface area (TPSA) is 76.1 Å². The Morgan fingerprint density at radius 3 is 2.83 bits per heavy atom. The van der Waals surface area contributed by atoms with Gasteiger partial charge in [0.05, 0.1) is 19.1 Å². The summed E-state index contributed by atoms with van der Waals surface area (Å²) in [6.45, 7) is 4.44. The molecule has 1 amide bonds. The van der Waals surface area contributed by atoms with Crippen molar-refractivity contribution in [3.05, 3.63) is 12.7 Å². The minimum Gasteiger partial charge on any atom is -0.481 e. The van der Waals surface area contributed by atoms with Crippen LogP contribution in [0, 0.1) is 5.92 Å². The molecule has 0 aliphatic carbocycles. The van der Waals surface area contributed by atoms with Crippen LogP contribution in [0.2, 0.25) is 0 Å². The monoisotopic (exact) mass is 257 g/mol. The minimum atomic E-state index is -0.859. The molecule has 102 valence electrons. The first-order valence-corrected chi connectivity index (χ1v) is 5.85. The van der Waals surface area contributed by atoms with E-state index >= 15 is 0 Å². The molecule has 0 bridgehead atoms.